The van der Waals surface area contributed by atoms with Gasteiger partial charge in [0.1, 0.15) is 0 Å². The smallest absolute Gasteiger partial charge is 0.0852 e. The number of hydrogen-bond donors (Lipinski definition) is 1. The fraction of sp³-hybridized carbons (Fsp3) is 0.500. The van der Waals surface area contributed by atoms with Gasteiger partial charge >= 0.3 is 0 Å². The molecule has 2 unspecified atom stereocenters. The monoisotopic (exact) mass is 318 g/mol. The summed E-state index contributed by atoms with van der Waals surface area (Å²) in [7, 11) is 0. The molecule has 1 heterocycles. The zero-order chi connectivity index (χ0) is 10.8. The molecular weight excluding hydrogens is 303 g/mol. The number of benzene rings is 1. The Hall–Kier alpha value is -0.130. The second-order valence-electron chi connectivity index (χ2n) is 3.99. The minimum Gasteiger partial charge on any atom is -0.393 e. The summed E-state index contributed by atoms with van der Waals surface area (Å²) < 4.78 is 6.97. The van der Waals surface area contributed by atoms with Gasteiger partial charge in [-0.2, -0.15) is 0 Å². The summed E-state index contributed by atoms with van der Waals surface area (Å²) >= 11 is 2.33. The van der Waals surface area contributed by atoms with Crippen molar-refractivity contribution in [3.63, 3.8) is 0 Å². The van der Waals surface area contributed by atoms with Gasteiger partial charge in [-0.25, -0.2) is 0 Å². The van der Waals surface area contributed by atoms with Crippen LogP contribution in [0.4, 0.5) is 0 Å². The van der Waals surface area contributed by atoms with Crippen LogP contribution in [0.1, 0.15) is 30.1 Å². The predicted molar refractivity (Wildman–Crippen MR) is 67.8 cm³/mol. The molecule has 0 radical (unpaired) electrons. The molecule has 1 fully saturated rings. The fourth-order valence-corrected chi connectivity index (χ4v) is 2.49. The highest BCUT2D eigenvalue weighted by atomic mass is 127. The molecule has 0 aromatic heterocycles. The van der Waals surface area contributed by atoms with Crippen LogP contribution < -0.4 is 0 Å². The van der Waals surface area contributed by atoms with Crippen LogP contribution in [0.3, 0.4) is 0 Å². The van der Waals surface area contributed by atoms with E-state index < -0.39 is 0 Å². The quantitative estimate of drug-likeness (QED) is 0.807. The van der Waals surface area contributed by atoms with Gasteiger partial charge in [0.2, 0.25) is 0 Å². The number of halogens is 1. The van der Waals surface area contributed by atoms with Crippen molar-refractivity contribution in [1.82, 2.24) is 0 Å². The Kier molecular flexibility index (Phi) is 3.64. The molecule has 0 bridgehead atoms. The van der Waals surface area contributed by atoms with Crippen molar-refractivity contribution in [3.05, 3.63) is 32.9 Å². The molecule has 2 rings (SSSR count). The minimum absolute atomic E-state index is 0.0727. The average Bonchev–Trinajstić information content (AvgIpc) is 2.22. The molecule has 3 heteroatoms. The van der Waals surface area contributed by atoms with Gasteiger partial charge in [-0.1, -0.05) is 12.1 Å². The van der Waals surface area contributed by atoms with Crippen molar-refractivity contribution in [1.29, 1.82) is 0 Å². The van der Waals surface area contributed by atoms with Crippen molar-refractivity contribution in [3.8, 4) is 0 Å². The largest absolute Gasteiger partial charge is 0.393 e. The molecule has 1 aliphatic rings. The number of aliphatic hydroxyl groups excluding tert-OH is 1. The standard InChI is InChI=1S/C12H15IO2/c1-8-10(3-2-4-11(8)13)12-7-9(14)5-6-15-12/h2-4,9,12,14H,5-7H2,1H3. The van der Waals surface area contributed by atoms with Crippen LogP contribution in [0.15, 0.2) is 18.2 Å². The molecule has 1 aromatic carbocycles. The lowest BCUT2D eigenvalue weighted by atomic mass is 9.96. The third-order valence-electron chi connectivity index (χ3n) is 2.91. The van der Waals surface area contributed by atoms with Gasteiger partial charge in [-0.05, 0) is 53.1 Å². The summed E-state index contributed by atoms with van der Waals surface area (Å²) in [6, 6.07) is 6.24. The molecule has 0 saturated carbocycles. The van der Waals surface area contributed by atoms with Gasteiger partial charge in [0, 0.05) is 16.6 Å². The highest BCUT2D eigenvalue weighted by Crippen LogP contribution is 2.31. The molecule has 1 saturated heterocycles. The van der Waals surface area contributed by atoms with E-state index >= 15 is 0 Å². The van der Waals surface area contributed by atoms with E-state index in [2.05, 4.69) is 47.7 Å². The van der Waals surface area contributed by atoms with Crippen LogP contribution in [0, 0.1) is 10.5 Å². The zero-order valence-electron chi connectivity index (χ0n) is 8.74. The van der Waals surface area contributed by atoms with E-state index in [1.807, 2.05) is 0 Å². The second kappa shape index (κ2) is 4.80. The van der Waals surface area contributed by atoms with Gasteiger partial charge in [0.05, 0.1) is 12.2 Å². The van der Waals surface area contributed by atoms with E-state index in [9.17, 15) is 5.11 Å². The summed E-state index contributed by atoms with van der Waals surface area (Å²) in [6.07, 6.45) is 1.35. The van der Waals surface area contributed by atoms with E-state index in [-0.39, 0.29) is 12.2 Å². The Morgan fingerprint density at radius 2 is 2.27 bits per heavy atom. The van der Waals surface area contributed by atoms with Crippen molar-refractivity contribution in [2.45, 2.75) is 32.0 Å². The molecule has 2 nitrogen and oxygen atoms in total. The van der Waals surface area contributed by atoms with Gasteiger partial charge in [-0.15, -0.1) is 0 Å². The fourth-order valence-electron chi connectivity index (χ4n) is 1.97. The van der Waals surface area contributed by atoms with Gasteiger partial charge < -0.3 is 9.84 Å². The number of rotatable bonds is 1. The number of aliphatic hydroxyl groups is 1. The SMILES string of the molecule is Cc1c(I)cccc1C1CC(O)CCO1. The molecule has 82 valence electrons. The topological polar surface area (TPSA) is 29.5 Å². The Morgan fingerprint density at radius 1 is 1.47 bits per heavy atom. The van der Waals surface area contributed by atoms with Gasteiger partial charge in [-0.3, -0.25) is 0 Å². The summed E-state index contributed by atoms with van der Waals surface area (Å²) in [5.41, 5.74) is 2.50. The second-order valence-corrected chi connectivity index (χ2v) is 5.15. The van der Waals surface area contributed by atoms with Crippen LogP contribution in [-0.2, 0) is 4.74 Å². The maximum Gasteiger partial charge on any atom is 0.0852 e. The van der Waals surface area contributed by atoms with E-state index in [0.717, 1.165) is 12.8 Å². The average molecular weight is 318 g/mol. The molecule has 1 N–H and O–H groups in total. The first-order chi connectivity index (χ1) is 7.18. The Bertz CT molecular complexity index is 351. The van der Waals surface area contributed by atoms with Crippen LogP contribution in [0.25, 0.3) is 0 Å². The molecule has 15 heavy (non-hydrogen) atoms. The molecule has 0 aliphatic carbocycles. The highest BCUT2D eigenvalue weighted by Gasteiger charge is 2.23. The van der Waals surface area contributed by atoms with Crippen molar-refractivity contribution < 1.29 is 9.84 Å². The third-order valence-corrected chi connectivity index (χ3v) is 4.08. The van der Waals surface area contributed by atoms with Gasteiger partial charge in [0.25, 0.3) is 0 Å². The van der Waals surface area contributed by atoms with Gasteiger partial charge in [0.15, 0.2) is 0 Å². The Labute approximate surface area is 104 Å². The molecule has 2 atom stereocenters. The van der Waals surface area contributed by atoms with Crippen LogP contribution in [0.2, 0.25) is 0 Å². The number of hydrogen-bond acceptors (Lipinski definition) is 2. The normalized spacial score (nSPS) is 26.6. The lowest BCUT2D eigenvalue weighted by molar-refractivity contribution is -0.0450. The van der Waals surface area contributed by atoms with Crippen molar-refractivity contribution in [2.24, 2.45) is 0 Å². The molecule has 0 spiro atoms. The Morgan fingerprint density at radius 3 is 3.00 bits per heavy atom. The summed E-state index contributed by atoms with van der Waals surface area (Å²) in [6.45, 7) is 2.78. The molecule has 1 aromatic rings. The van der Waals surface area contributed by atoms with E-state index in [1.165, 1.54) is 14.7 Å². The van der Waals surface area contributed by atoms with Crippen LogP contribution in [-0.4, -0.2) is 17.8 Å². The lowest BCUT2D eigenvalue weighted by Gasteiger charge is -2.28. The van der Waals surface area contributed by atoms with Crippen molar-refractivity contribution >= 4 is 22.6 Å². The number of ether oxygens (including phenoxy) is 1. The van der Waals surface area contributed by atoms with E-state index in [4.69, 9.17) is 4.74 Å². The lowest BCUT2D eigenvalue weighted by Crippen LogP contribution is -2.24. The molecular formula is C12H15IO2. The predicted octanol–water partition coefficient (Wildman–Crippen LogP) is 2.81. The summed E-state index contributed by atoms with van der Waals surface area (Å²) in [5.74, 6) is 0. The molecule has 1 aliphatic heterocycles. The first kappa shape index (κ1) is 11.4. The first-order valence-corrected chi connectivity index (χ1v) is 6.31. The first-order valence-electron chi connectivity index (χ1n) is 5.23. The van der Waals surface area contributed by atoms with Crippen LogP contribution >= 0.6 is 22.6 Å². The minimum atomic E-state index is -0.207. The van der Waals surface area contributed by atoms with Crippen LogP contribution in [0.5, 0.6) is 0 Å². The Balaban J connectivity index is 2.24. The van der Waals surface area contributed by atoms with Crippen molar-refractivity contribution in [2.75, 3.05) is 6.61 Å². The van der Waals surface area contributed by atoms with E-state index in [1.54, 1.807) is 0 Å². The maximum atomic E-state index is 9.62. The van der Waals surface area contributed by atoms with E-state index in [0.29, 0.717) is 6.61 Å². The highest BCUT2D eigenvalue weighted by molar-refractivity contribution is 14.1. The third kappa shape index (κ3) is 2.52. The summed E-state index contributed by atoms with van der Waals surface area (Å²) in [5, 5.41) is 9.62. The molecule has 0 amide bonds. The maximum absolute atomic E-state index is 9.62. The summed E-state index contributed by atoms with van der Waals surface area (Å²) in [4.78, 5) is 0. The zero-order valence-corrected chi connectivity index (χ0v) is 10.9.